The van der Waals surface area contributed by atoms with Gasteiger partial charge in [0, 0.05) is 19.6 Å². The van der Waals surface area contributed by atoms with Gasteiger partial charge in [0.05, 0.1) is 11.1 Å². The number of likely N-dealkylation sites (tertiary alicyclic amines) is 1. The number of benzene rings is 2. The van der Waals surface area contributed by atoms with Crippen molar-refractivity contribution in [3.63, 3.8) is 0 Å². The minimum atomic E-state index is -4.40. The first-order valence-electron chi connectivity index (χ1n) is 11.0. The quantitative estimate of drug-likeness (QED) is 0.384. The SMILES string of the molecule is CC(=O)c1cc(C2CC2)c(CN2CCC(Oc3ccc(C)c(C(F)(F)F)c3)CC2)cc1F. The van der Waals surface area contributed by atoms with Gasteiger partial charge in [-0.05, 0) is 86.4 Å². The Morgan fingerprint density at radius 2 is 1.78 bits per heavy atom. The first-order valence-corrected chi connectivity index (χ1v) is 11.0. The number of ketones is 1. The molecule has 2 aromatic rings. The van der Waals surface area contributed by atoms with Crippen LogP contribution >= 0.6 is 0 Å². The van der Waals surface area contributed by atoms with Crippen molar-refractivity contribution in [2.24, 2.45) is 0 Å². The van der Waals surface area contributed by atoms with Crippen molar-refractivity contribution in [2.45, 2.75) is 64.3 Å². The van der Waals surface area contributed by atoms with E-state index in [1.165, 1.54) is 26.0 Å². The first-order chi connectivity index (χ1) is 15.1. The van der Waals surface area contributed by atoms with Crippen LogP contribution in [0.1, 0.15) is 71.1 Å². The molecular weight excluding hydrogens is 422 g/mol. The Kier molecular flexibility index (Phi) is 6.30. The number of carbonyl (C=O) groups excluding carboxylic acids is 1. The molecule has 1 aliphatic heterocycles. The lowest BCUT2D eigenvalue weighted by molar-refractivity contribution is -0.138. The van der Waals surface area contributed by atoms with Crippen molar-refractivity contribution in [3.05, 3.63) is 64.0 Å². The molecule has 0 radical (unpaired) electrons. The summed E-state index contributed by atoms with van der Waals surface area (Å²) in [5, 5.41) is 0. The van der Waals surface area contributed by atoms with Gasteiger partial charge in [-0.1, -0.05) is 6.07 Å². The van der Waals surface area contributed by atoms with E-state index < -0.39 is 17.6 Å². The number of alkyl halides is 3. The second-order valence-corrected chi connectivity index (χ2v) is 8.93. The Labute approximate surface area is 185 Å². The molecule has 0 bridgehead atoms. The predicted octanol–water partition coefficient (Wildman–Crippen LogP) is 6.28. The van der Waals surface area contributed by atoms with E-state index in [2.05, 4.69) is 4.90 Å². The van der Waals surface area contributed by atoms with Gasteiger partial charge >= 0.3 is 6.18 Å². The minimum absolute atomic E-state index is 0.152. The van der Waals surface area contributed by atoms with Crippen LogP contribution in [0.2, 0.25) is 0 Å². The maximum Gasteiger partial charge on any atom is 0.416 e. The highest BCUT2D eigenvalue weighted by atomic mass is 19.4. The average molecular weight is 449 g/mol. The highest BCUT2D eigenvalue weighted by Crippen LogP contribution is 2.43. The summed E-state index contributed by atoms with van der Waals surface area (Å²) >= 11 is 0. The van der Waals surface area contributed by atoms with Crippen molar-refractivity contribution < 1.29 is 27.1 Å². The van der Waals surface area contributed by atoms with Gasteiger partial charge in [-0.3, -0.25) is 9.69 Å². The van der Waals surface area contributed by atoms with E-state index in [4.69, 9.17) is 4.74 Å². The van der Waals surface area contributed by atoms with Crippen molar-refractivity contribution in [1.82, 2.24) is 4.90 Å². The molecule has 172 valence electrons. The second kappa shape index (κ2) is 8.85. The van der Waals surface area contributed by atoms with E-state index in [1.807, 2.05) is 0 Å². The fourth-order valence-electron chi connectivity index (χ4n) is 4.41. The van der Waals surface area contributed by atoms with E-state index in [0.29, 0.717) is 38.4 Å². The van der Waals surface area contributed by atoms with Gasteiger partial charge in [0.25, 0.3) is 0 Å². The lowest BCUT2D eigenvalue weighted by Crippen LogP contribution is -2.38. The van der Waals surface area contributed by atoms with Crippen LogP contribution in [0.4, 0.5) is 17.6 Å². The standard InChI is InChI=1S/C25H27F4NO2/c1-15-3-6-20(12-23(15)25(27,28)29)32-19-7-9-30(10-8-19)14-18-11-24(26)21(16(2)31)13-22(18)17-4-5-17/h3,6,11-13,17,19H,4-5,7-10,14H2,1-2H3. The molecule has 0 atom stereocenters. The molecule has 0 amide bonds. The van der Waals surface area contributed by atoms with Crippen LogP contribution in [0.15, 0.2) is 30.3 Å². The lowest BCUT2D eigenvalue weighted by Gasteiger charge is -2.33. The maximum atomic E-state index is 14.4. The lowest BCUT2D eigenvalue weighted by atomic mass is 9.96. The van der Waals surface area contributed by atoms with Crippen LogP contribution in [0.25, 0.3) is 0 Å². The largest absolute Gasteiger partial charge is 0.490 e. The highest BCUT2D eigenvalue weighted by molar-refractivity contribution is 5.94. The van der Waals surface area contributed by atoms with E-state index in [-0.39, 0.29) is 28.8 Å². The summed E-state index contributed by atoms with van der Waals surface area (Å²) in [6.45, 7) is 4.83. The van der Waals surface area contributed by atoms with Gasteiger partial charge in [0.2, 0.25) is 0 Å². The van der Waals surface area contributed by atoms with Crippen molar-refractivity contribution in [1.29, 1.82) is 0 Å². The summed E-state index contributed by atoms with van der Waals surface area (Å²) in [5.74, 6) is -0.109. The first kappa shape index (κ1) is 22.8. The van der Waals surface area contributed by atoms with Gasteiger partial charge in [0.1, 0.15) is 17.7 Å². The number of Topliss-reactive ketones (excluding diaryl/α,β-unsaturated/α-hetero) is 1. The molecule has 2 aliphatic rings. The summed E-state index contributed by atoms with van der Waals surface area (Å²) in [6.07, 6.45) is -1.08. The number of aryl methyl sites for hydroxylation is 1. The summed E-state index contributed by atoms with van der Waals surface area (Å²) in [7, 11) is 0. The third-order valence-corrected chi connectivity index (χ3v) is 6.37. The number of hydrogen-bond donors (Lipinski definition) is 0. The molecule has 2 fully saturated rings. The Bertz CT molecular complexity index is 1010. The number of nitrogens with zero attached hydrogens (tertiary/aromatic N) is 1. The van der Waals surface area contributed by atoms with Gasteiger partial charge in [-0.15, -0.1) is 0 Å². The van der Waals surface area contributed by atoms with E-state index in [9.17, 15) is 22.4 Å². The van der Waals surface area contributed by atoms with E-state index in [1.54, 1.807) is 12.1 Å². The number of halogens is 4. The Hall–Kier alpha value is -2.41. The average Bonchev–Trinajstić information content (AvgIpc) is 3.55. The Morgan fingerprint density at radius 1 is 1.09 bits per heavy atom. The van der Waals surface area contributed by atoms with Gasteiger partial charge in [0.15, 0.2) is 5.78 Å². The highest BCUT2D eigenvalue weighted by Gasteiger charge is 2.33. The van der Waals surface area contributed by atoms with Gasteiger partial charge in [-0.25, -0.2) is 4.39 Å². The topological polar surface area (TPSA) is 29.5 Å². The molecule has 0 spiro atoms. The van der Waals surface area contributed by atoms with E-state index >= 15 is 0 Å². The summed E-state index contributed by atoms with van der Waals surface area (Å²) in [6, 6.07) is 7.31. The molecule has 1 aliphatic carbocycles. The van der Waals surface area contributed by atoms with Gasteiger partial charge in [-0.2, -0.15) is 13.2 Å². The van der Waals surface area contributed by atoms with Crippen LogP contribution in [0, 0.1) is 12.7 Å². The molecule has 32 heavy (non-hydrogen) atoms. The third kappa shape index (κ3) is 5.14. The minimum Gasteiger partial charge on any atom is -0.490 e. The summed E-state index contributed by atoms with van der Waals surface area (Å²) in [4.78, 5) is 13.9. The smallest absolute Gasteiger partial charge is 0.416 e. The predicted molar refractivity (Wildman–Crippen MR) is 113 cm³/mol. The molecule has 4 rings (SSSR count). The van der Waals surface area contributed by atoms with Crippen LogP contribution in [0.3, 0.4) is 0 Å². The molecule has 0 aromatic heterocycles. The molecule has 1 saturated carbocycles. The van der Waals surface area contributed by atoms with Crippen LogP contribution in [0.5, 0.6) is 5.75 Å². The van der Waals surface area contributed by atoms with E-state index in [0.717, 1.165) is 30.0 Å². The normalized spacial score (nSPS) is 18.1. The maximum absolute atomic E-state index is 14.4. The Balaban J connectivity index is 1.39. The van der Waals surface area contributed by atoms with Crippen molar-refractivity contribution >= 4 is 5.78 Å². The van der Waals surface area contributed by atoms with Crippen LogP contribution < -0.4 is 4.74 Å². The summed E-state index contributed by atoms with van der Waals surface area (Å²) in [5.41, 5.74) is 1.64. The Morgan fingerprint density at radius 3 is 2.38 bits per heavy atom. The van der Waals surface area contributed by atoms with Crippen molar-refractivity contribution in [2.75, 3.05) is 13.1 Å². The van der Waals surface area contributed by atoms with Crippen LogP contribution in [-0.4, -0.2) is 29.9 Å². The zero-order chi connectivity index (χ0) is 23.0. The van der Waals surface area contributed by atoms with Gasteiger partial charge < -0.3 is 4.74 Å². The monoisotopic (exact) mass is 449 g/mol. The number of carbonyl (C=O) groups is 1. The molecule has 1 saturated heterocycles. The number of piperidine rings is 1. The molecule has 0 N–H and O–H groups in total. The zero-order valence-corrected chi connectivity index (χ0v) is 18.3. The molecule has 7 heteroatoms. The molecular formula is C25H27F4NO2. The molecule has 2 aromatic carbocycles. The second-order valence-electron chi connectivity index (χ2n) is 8.93. The number of rotatable bonds is 6. The number of ether oxygens (including phenoxy) is 1. The molecule has 0 unspecified atom stereocenters. The fourth-order valence-corrected chi connectivity index (χ4v) is 4.41. The third-order valence-electron chi connectivity index (χ3n) is 6.37. The zero-order valence-electron chi connectivity index (χ0n) is 18.3. The van der Waals surface area contributed by atoms with Crippen molar-refractivity contribution in [3.8, 4) is 5.75 Å². The number of hydrogen-bond acceptors (Lipinski definition) is 3. The summed E-state index contributed by atoms with van der Waals surface area (Å²) < 4.78 is 59.7. The molecule has 3 nitrogen and oxygen atoms in total. The molecule has 1 heterocycles. The van der Waals surface area contributed by atoms with Crippen LogP contribution in [-0.2, 0) is 12.7 Å². The fraction of sp³-hybridized carbons (Fsp3) is 0.480.